The van der Waals surface area contributed by atoms with E-state index >= 15 is 0 Å². The predicted molar refractivity (Wildman–Crippen MR) is 57.7 cm³/mol. The van der Waals surface area contributed by atoms with E-state index in [0.29, 0.717) is 31.4 Å². The van der Waals surface area contributed by atoms with Gasteiger partial charge in [-0.15, -0.1) is 0 Å². The molecule has 0 atom stereocenters. The number of rotatable bonds is 3. The van der Waals surface area contributed by atoms with Gasteiger partial charge in [-0.3, -0.25) is 4.79 Å². The third kappa shape index (κ3) is 2.80. The Bertz CT molecular complexity index is 410. The molecule has 17 heavy (non-hydrogen) atoms. The van der Waals surface area contributed by atoms with Gasteiger partial charge in [-0.25, -0.2) is 0 Å². The fourth-order valence-electron chi connectivity index (χ4n) is 1.46. The number of carbonyl (C=O) groups is 1. The van der Waals surface area contributed by atoms with Crippen LogP contribution < -0.4 is 5.73 Å². The topological polar surface area (TPSA) is 94.5 Å². The zero-order chi connectivity index (χ0) is 12.5. The maximum atomic E-state index is 11.5. The zero-order valence-electron chi connectivity index (χ0n) is 9.97. The predicted octanol–water partition coefficient (Wildman–Crippen LogP) is -0.378. The molecular weight excluding hydrogens is 224 g/mol. The van der Waals surface area contributed by atoms with Crippen molar-refractivity contribution in [1.29, 1.82) is 0 Å². The molecule has 1 fully saturated rings. The molecule has 0 saturated carbocycles. The second kappa shape index (κ2) is 4.42. The lowest BCUT2D eigenvalue weighted by Crippen LogP contribution is -2.41. The first-order chi connectivity index (χ1) is 7.97. The number of hydrogen-bond acceptors (Lipinski definition) is 6. The molecule has 1 aliphatic rings. The molecule has 0 spiro atoms. The molecule has 1 amide bonds. The average Bonchev–Trinajstić information content (AvgIpc) is 2.69. The van der Waals surface area contributed by atoms with Crippen LogP contribution in [0.2, 0.25) is 0 Å². The third-order valence-electron chi connectivity index (χ3n) is 2.45. The molecule has 0 bridgehead atoms. The number of nitrogens with zero attached hydrogens (tertiary/aromatic N) is 3. The molecular formula is C10H16N4O3. The zero-order valence-corrected chi connectivity index (χ0v) is 9.97. The first-order valence-corrected chi connectivity index (χ1v) is 5.44. The highest BCUT2D eigenvalue weighted by Gasteiger charge is 2.24. The first-order valence-electron chi connectivity index (χ1n) is 5.44. The molecule has 0 unspecified atom stereocenters. The van der Waals surface area contributed by atoms with E-state index < -0.39 is 5.54 Å². The maximum absolute atomic E-state index is 11.5. The fraction of sp³-hybridized carbons (Fsp3) is 0.700. The van der Waals surface area contributed by atoms with E-state index in [9.17, 15) is 4.79 Å². The van der Waals surface area contributed by atoms with Crippen molar-refractivity contribution < 1.29 is 14.1 Å². The van der Waals surface area contributed by atoms with Crippen molar-refractivity contribution in [2.75, 3.05) is 19.8 Å². The standard InChI is InChI=1S/C10H16N4O3/c1-10(2,11)9-12-7(17-13-9)5-14-3-4-16-6-8(14)15/h3-6,11H2,1-2H3. The summed E-state index contributed by atoms with van der Waals surface area (Å²) in [7, 11) is 0. The Morgan fingerprint density at radius 1 is 1.53 bits per heavy atom. The molecule has 1 saturated heterocycles. The Balaban J connectivity index is 2.03. The summed E-state index contributed by atoms with van der Waals surface area (Å²) in [4.78, 5) is 17.3. The van der Waals surface area contributed by atoms with Crippen LogP contribution in [0.4, 0.5) is 0 Å². The molecule has 0 aromatic carbocycles. The molecule has 1 aliphatic heterocycles. The number of carbonyl (C=O) groups excluding carboxylic acids is 1. The average molecular weight is 240 g/mol. The summed E-state index contributed by atoms with van der Waals surface area (Å²) in [5.74, 6) is 0.769. The minimum Gasteiger partial charge on any atom is -0.370 e. The second-order valence-electron chi connectivity index (χ2n) is 4.60. The molecule has 1 aromatic rings. The van der Waals surface area contributed by atoms with Gasteiger partial charge in [-0.05, 0) is 13.8 Å². The summed E-state index contributed by atoms with van der Waals surface area (Å²) < 4.78 is 10.1. The molecule has 2 heterocycles. The molecule has 2 rings (SSSR count). The Hall–Kier alpha value is -1.47. The smallest absolute Gasteiger partial charge is 0.249 e. The number of hydrogen-bond donors (Lipinski definition) is 1. The van der Waals surface area contributed by atoms with E-state index in [2.05, 4.69) is 10.1 Å². The van der Waals surface area contributed by atoms with Crippen LogP contribution in [0.3, 0.4) is 0 Å². The first kappa shape index (κ1) is 12.0. The summed E-state index contributed by atoms with van der Waals surface area (Å²) in [5, 5.41) is 3.80. The number of ether oxygens (including phenoxy) is 1. The lowest BCUT2D eigenvalue weighted by atomic mass is 10.1. The number of nitrogens with two attached hydrogens (primary N) is 1. The second-order valence-corrected chi connectivity index (χ2v) is 4.60. The van der Waals surface area contributed by atoms with E-state index in [-0.39, 0.29) is 12.5 Å². The van der Waals surface area contributed by atoms with Gasteiger partial charge in [0.25, 0.3) is 0 Å². The highest BCUT2D eigenvalue weighted by Crippen LogP contribution is 2.14. The van der Waals surface area contributed by atoms with Crippen molar-refractivity contribution in [3.63, 3.8) is 0 Å². The molecule has 7 heteroatoms. The summed E-state index contributed by atoms with van der Waals surface area (Å²) in [6, 6.07) is 0. The molecule has 2 N–H and O–H groups in total. The quantitative estimate of drug-likeness (QED) is 0.774. The van der Waals surface area contributed by atoms with Crippen LogP contribution in [0.5, 0.6) is 0 Å². The molecule has 94 valence electrons. The van der Waals surface area contributed by atoms with Crippen LogP contribution in [-0.2, 0) is 21.6 Å². The van der Waals surface area contributed by atoms with Gasteiger partial charge in [0, 0.05) is 6.54 Å². The van der Waals surface area contributed by atoms with Crippen LogP contribution >= 0.6 is 0 Å². The van der Waals surface area contributed by atoms with E-state index in [1.54, 1.807) is 18.7 Å². The fourth-order valence-corrected chi connectivity index (χ4v) is 1.46. The van der Waals surface area contributed by atoms with Gasteiger partial charge in [0.05, 0.1) is 12.1 Å². The van der Waals surface area contributed by atoms with Crippen molar-refractivity contribution >= 4 is 5.91 Å². The van der Waals surface area contributed by atoms with Crippen LogP contribution in [0.1, 0.15) is 25.6 Å². The number of morpholine rings is 1. The van der Waals surface area contributed by atoms with Crippen molar-refractivity contribution in [3.8, 4) is 0 Å². The van der Waals surface area contributed by atoms with Crippen LogP contribution in [0.15, 0.2) is 4.52 Å². The Kier molecular flexibility index (Phi) is 3.12. The number of aromatic nitrogens is 2. The maximum Gasteiger partial charge on any atom is 0.249 e. The minimum atomic E-state index is -0.642. The van der Waals surface area contributed by atoms with Crippen molar-refractivity contribution in [1.82, 2.24) is 15.0 Å². The van der Waals surface area contributed by atoms with Crippen LogP contribution in [-0.4, -0.2) is 40.7 Å². The largest absolute Gasteiger partial charge is 0.370 e. The SMILES string of the molecule is CC(C)(N)c1noc(CN2CCOCC2=O)n1. The Morgan fingerprint density at radius 3 is 2.88 bits per heavy atom. The molecule has 1 aromatic heterocycles. The molecule has 0 aliphatic carbocycles. The van der Waals surface area contributed by atoms with Crippen molar-refractivity contribution in [2.45, 2.75) is 25.9 Å². The normalized spacial score (nSPS) is 17.6. The van der Waals surface area contributed by atoms with E-state index in [0.717, 1.165) is 0 Å². The summed E-state index contributed by atoms with van der Waals surface area (Å²) in [6.07, 6.45) is 0. The Morgan fingerprint density at radius 2 is 2.29 bits per heavy atom. The molecule has 7 nitrogen and oxygen atoms in total. The van der Waals surface area contributed by atoms with Gasteiger partial charge in [0.15, 0.2) is 5.82 Å². The minimum absolute atomic E-state index is 0.0667. The van der Waals surface area contributed by atoms with Gasteiger partial charge in [-0.2, -0.15) is 4.98 Å². The summed E-state index contributed by atoms with van der Waals surface area (Å²) in [5.41, 5.74) is 5.20. The van der Waals surface area contributed by atoms with Gasteiger partial charge in [-0.1, -0.05) is 5.16 Å². The monoisotopic (exact) mass is 240 g/mol. The third-order valence-corrected chi connectivity index (χ3v) is 2.45. The summed E-state index contributed by atoms with van der Waals surface area (Å²) in [6.45, 7) is 5.09. The summed E-state index contributed by atoms with van der Waals surface area (Å²) >= 11 is 0. The van der Waals surface area contributed by atoms with Gasteiger partial charge in [0.2, 0.25) is 11.8 Å². The van der Waals surface area contributed by atoms with E-state index in [1.807, 2.05) is 0 Å². The van der Waals surface area contributed by atoms with Gasteiger partial charge in [0.1, 0.15) is 13.2 Å². The Labute approximate surface area is 98.9 Å². The van der Waals surface area contributed by atoms with Crippen LogP contribution in [0.25, 0.3) is 0 Å². The van der Waals surface area contributed by atoms with Gasteiger partial charge < -0.3 is 19.9 Å². The molecule has 0 radical (unpaired) electrons. The lowest BCUT2D eigenvalue weighted by Gasteiger charge is -2.25. The van der Waals surface area contributed by atoms with Crippen LogP contribution in [0, 0.1) is 0 Å². The van der Waals surface area contributed by atoms with E-state index in [4.69, 9.17) is 15.0 Å². The van der Waals surface area contributed by atoms with Gasteiger partial charge >= 0.3 is 0 Å². The lowest BCUT2D eigenvalue weighted by molar-refractivity contribution is -0.143. The van der Waals surface area contributed by atoms with E-state index in [1.165, 1.54) is 0 Å². The highest BCUT2D eigenvalue weighted by atomic mass is 16.5. The van der Waals surface area contributed by atoms with Crippen molar-refractivity contribution in [2.24, 2.45) is 5.73 Å². The number of amides is 1. The highest BCUT2D eigenvalue weighted by molar-refractivity contribution is 5.77. The van der Waals surface area contributed by atoms with Crippen molar-refractivity contribution in [3.05, 3.63) is 11.7 Å².